The summed E-state index contributed by atoms with van der Waals surface area (Å²) >= 11 is 0. The van der Waals surface area contributed by atoms with E-state index in [1.165, 1.54) is 0 Å². The second-order valence-electron chi connectivity index (χ2n) is 2.71. The lowest BCUT2D eigenvalue weighted by molar-refractivity contribution is 0.298. The lowest BCUT2D eigenvalue weighted by Crippen LogP contribution is -1.95. The molecule has 0 heterocycles. The van der Waals surface area contributed by atoms with Crippen molar-refractivity contribution >= 4 is 0 Å². The van der Waals surface area contributed by atoms with Crippen LogP contribution in [0.3, 0.4) is 0 Å². The van der Waals surface area contributed by atoms with Crippen molar-refractivity contribution in [3.05, 3.63) is 23.8 Å². The number of rotatable bonds is 4. The monoisotopic (exact) mass is 182 g/mol. The number of ether oxygens (including phenoxy) is 1. The molecule has 13 heavy (non-hydrogen) atoms. The number of aromatic hydroxyl groups is 1. The largest absolute Gasteiger partial charge is 0.504 e. The maximum absolute atomic E-state index is 9.35. The molecule has 72 valence electrons. The highest BCUT2D eigenvalue weighted by molar-refractivity contribution is 5.41. The summed E-state index contributed by atoms with van der Waals surface area (Å²) in [6, 6.07) is 5.10. The summed E-state index contributed by atoms with van der Waals surface area (Å²) in [7, 11) is 0. The first-order valence-corrected chi connectivity index (χ1v) is 4.33. The van der Waals surface area contributed by atoms with Crippen LogP contribution in [0.5, 0.6) is 11.5 Å². The van der Waals surface area contributed by atoms with Crippen LogP contribution in [-0.4, -0.2) is 23.4 Å². The Bertz CT molecular complexity index is 271. The van der Waals surface area contributed by atoms with E-state index in [0.717, 1.165) is 5.56 Å². The van der Waals surface area contributed by atoms with E-state index in [2.05, 4.69) is 0 Å². The molecular formula is C10H14O3. The highest BCUT2D eigenvalue weighted by Crippen LogP contribution is 2.26. The van der Waals surface area contributed by atoms with Gasteiger partial charge in [0.25, 0.3) is 0 Å². The number of phenols is 1. The van der Waals surface area contributed by atoms with Gasteiger partial charge >= 0.3 is 0 Å². The standard InChI is InChI=1S/C10H14O3/c1-2-13-10-7-8(5-6-11)3-4-9(10)12/h3-4,7,11-12H,2,5-6H2,1H3. The maximum atomic E-state index is 9.35. The second kappa shape index (κ2) is 4.72. The molecule has 0 fully saturated rings. The van der Waals surface area contributed by atoms with Gasteiger partial charge in [0.05, 0.1) is 6.61 Å². The van der Waals surface area contributed by atoms with Crippen LogP contribution in [0.25, 0.3) is 0 Å². The van der Waals surface area contributed by atoms with Crippen molar-refractivity contribution < 1.29 is 14.9 Å². The Morgan fingerprint density at radius 3 is 2.77 bits per heavy atom. The molecule has 2 N–H and O–H groups in total. The fourth-order valence-corrected chi connectivity index (χ4v) is 1.11. The van der Waals surface area contributed by atoms with Crippen molar-refractivity contribution in [2.45, 2.75) is 13.3 Å². The van der Waals surface area contributed by atoms with E-state index in [4.69, 9.17) is 9.84 Å². The normalized spacial score (nSPS) is 10.0. The van der Waals surface area contributed by atoms with Crippen LogP contribution in [0.4, 0.5) is 0 Å². The molecule has 0 aliphatic carbocycles. The van der Waals surface area contributed by atoms with Gasteiger partial charge in [-0.2, -0.15) is 0 Å². The summed E-state index contributed by atoms with van der Waals surface area (Å²) in [5.41, 5.74) is 0.962. The van der Waals surface area contributed by atoms with E-state index in [1.807, 2.05) is 6.92 Å². The van der Waals surface area contributed by atoms with E-state index in [1.54, 1.807) is 18.2 Å². The fourth-order valence-electron chi connectivity index (χ4n) is 1.11. The van der Waals surface area contributed by atoms with Gasteiger partial charge in [-0.1, -0.05) is 6.07 Å². The highest BCUT2D eigenvalue weighted by atomic mass is 16.5. The number of hydrogen-bond donors (Lipinski definition) is 2. The Balaban J connectivity index is 2.83. The number of aliphatic hydroxyl groups excluding tert-OH is 1. The predicted molar refractivity (Wildman–Crippen MR) is 50.1 cm³/mol. The van der Waals surface area contributed by atoms with Gasteiger partial charge in [-0.15, -0.1) is 0 Å². The summed E-state index contributed by atoms with van der Waals surface area (Å²) in [6.45, 7) is 2.49. The van der Waals surface area contributed by atoms with Crippen LogP contribution in [0.15, 0.2) is 18.2 Å². The Hall–Kier alpha value is -1.22. The Labute approximate surface area is 77.6 Å². The van der Waals surface area contributed by atoms with Gasteiger partial charge < -0.3 is 14.9 Å². The molecule has 0 saturated heterocycles. The molecule has 3 nitrogen and oxygen atoms in total. The molecule has 1 rings (SSSR count). The summed E-state index contributed by atoms with van der Waals surface area (Å²) in [5.74, 6) is 0.622. The van der Waals surface area contributed by atoms with Gasteiger partial charge in [0.15, 0.2) is 11.5 Å². The van der Waals surface area contributed by atoms with Crippen LogP contribution in [-0.2, 0) is 6.42 Å². The van der Waals surface area contributed by atoms with E-state index < -0.39 is 0 Å². The minimum atomic E-state index is 0.107. The average molecular weight is 182 g/mol. The SMILES string of the molecule is CCOc1cc(CCO)ccc1O. The molecule has 1 aromatic carbocycles. The molecule has 3 heteroatoms. The van der Waals surface area contributed by atoms with E-state index >= 15 is 0 Å². The smallest absolute Gasteiger partial charge is 0.161 e. The molecule has 0 radical (unpaired) electrons. The topological polar surface area (TPSA) is 49.7 Å². The Morgan fingerprint density at radius 2 is 2.15 bits per heavy atom. The van der Waals surface area contributed by atoms with Crippen LogP contribution in [0.1, 0.15) is 12.5 Å². The van der Waals surface area contributed by atoms with E-state index in [9.17, 15) is 5.11 Å². The lowest BCUT2D eigenvalue weighted by atomic mass is 10.1. The molecule has 0 atom stereocenters. The fraction of sp³-hybridized carbons (Fsp3) is 0.400. The first-order chi connectivity index (χ1) is 6.27. The molecule has 0 amide bonds. The number of aliphatic hydroxyl groups is 1. The zero-order chi connectivity index (χ0) is 9.68. The molecule has 0 aromatic heterocycles. The Kier molecular flexibility index (Phi) is 3.58. The zero-order valence-electron chi connectivity index (χ0n) is 7.66. The van der Waals surface area contributed by atoms with Gasteiger partial charge in [-0.25, -0.2) is 0 Å². The first-order valence-electron chi connectivity index (χ1n) is 4.33. The molecule has 0 spiro atoms. The van der Waals surface area contributed by atoms with Crippen molar-refractivity contribution in [1.82, 2.24) is 0 Å². The third kappa shape index (κ3) is 2.63. The van der Waals surface area contributed by atoms with E-state index in [-0.39, 0.29) is 12.4 Å². The molecule has 0 saturated carbocycles. The first kappa shape index (κ1) is 9.86. The minimum Gasteiger partial charge on any atom is -0.504 e. The average Bonchev–Trinajstić information content (AvgIpc) is 2.12. The molecule has 1 aromatic rings. The molecule has 0 unspecified atom stereocenters. The van der Waals surface area contributed by atoms with Crippen LogP contribution in [0.2, 0.25) is 0 Å². The van der Waals surface area contributed by atoms with Crippen LogP contribution < -0.4 is 4.74 Å². The predicted octanol–water partition coefficient (Wildman–Crippen LogP) is 1.33. The molecular weight excluding hydrogens is 168 g/mol. The third-order valence-corrected chi connectivity index (χ3v) is 1.72. The van der Waals surface area contributed by atoms with Crippen LogP contribution in [0, 0.1) is 0 Å². The van der Waals surface area contributed by atoms with Gasteiger partial charge in [-0.3, -0.25) is 0 Å². The van der Waals surface area contributed by atoms with Crippen LogP contribution >= 0.6 is 0 Å². The molecule has 0 aliphatic rings. The van der Waals surface area contributed by atoms with Crippen molar-refractivity contribution in [3.63, 3.8) is 0 Å². The van der Waals surface area contributed by atoms with E-state index in [0.29, 0.717) is 18.8 Å². The summed E-state index contributed by atoms with van der Waals surface area (Å²) in [6.07, 6.45) is 0.584. The summed E-state index contributed by atoms with van der Waals surface area (Å²) in [5, 5.41) is 18.1. The van der Waals surface area contributed by atoms with Crippen molar-refractivity contribution in [2.75, 3.05) is 13.2 Å². The van der Waals surface area contributed by atoms with Crippen molar-refractivity contribution in [2.24, 2.45) is 0 Å². The highest BCUT2D eigenvalue weighted by Gasteiger charge is 2.02. The number of benzene rings is 1. The third-order valence-electron chi connectivity index (χ3n) is 1.72. The summed E-state index contributed by atoms with van der Waals surface area (Å²) in [4.78, 5) is 0. The Morgan fingerprint density at radius 1 is 1.38 bits per heavy atom. The van der Waals surface area contributed by atoms with Gasteiger partial charge in [0, 0.05) is 6.61 Å². The minimum absolute atomic E-state index is 0.107. The number of hydrogen-bond acceptors (Lipinski definition) is 3. The lowest BCUT2D eigenvalue weighted by Gasteiger charge is -2.07. The zero-order valence-corrected chi connectivity index (χ0v) is 7.66. The quantitative estimate of drug-likeness (QED) is 0.738. The van der Waals surface area contributed by atoms with Gasteiger partial charge in [0.1, 0.15) is 0 Å². The second-order valence-corrected chi connectivity index (χ2v) is 2.71. The van der Waals surface area contributed by atoms with Gasteiger partial charge in [0.2, 0.25) is 0 Å². The van der Waals surface area contributed by atoms with Crippen molar-refractivity contribution in [1.29, 1.82) is 0 Å². The molecule has 0 aliphatic heterocycles. The van der Waals surface area contributed by atoms with Crippen molar-refractivity contribution in [3.8, 4) is 11.5 Å². The maximum Gasteiger partial charge on any atom is 0.161 e. The van der Waals surface area contributed by atoms with Gasteiger partial charge in [-0.05, 0) is 31.0 Å². The summed E-state index contributed by atoms with van der Waals surface area (Å²) < 4.78 is 5.19. The number of phenolic OH excluding ortho intramolecular Hbond substituents is 1. The molecule has 0 bridgehead atoms.